The Bertz CT molecular complexity index is 702. The molecule has 0 aliphatic carbocycles. The number of carbonyl (C=O) groups is 2. The molecule has 25 heavy (non-hydrogen) atoms. The molecule has 2 aromatic rings. The number of amides is 2. The predicted octanol–water partition coefficient (Wildman–Crippen LogP) is 2.24. The molecule has 6 heteroatoms. The molecule has 2 amide bonds. The smallest absolute Gasteiger partial charge is 0.289 e. The topological polar surface area (TPSA) is 65.8 Å². The standard InChI is InChI=1S/C19H23N3O3/c1-2-15-5-7-16(8-6-15)20-18(23)14-21-9-11-22(12-10-21)19(24)17-4-3-13-25-17/h3-8,13H,2,9-12,14H2,1H3,(H,20,23). The summed E-state index contributed by atoms with van der Waals surface area (Å²) in [5.74, 6) is 0.238. The maximum atomic E-state index is 12.2. The summed E-state index contributed by atoms with van der Waals surface area (Å²) < 4.78 is 5.15. The third-order valence-corrected chi connectivity index (χ3v) is 4.40. The van der Waals surface area contributed by atoms with Crippen molar-refractivity contribution in [3.63, 3.8) is 0 Å². The highest BCUT2D eigenvalue weighted by atomic mass is 16.3. The van der Waals surface area contributed by atoms with Gasteiger partial charge in [-0.25, -0.2) is 0 Å². The van der Waals surface area contributed by atoms with Crippen LogP contribution in [-0.2, 0) is 11.2 Å². The Labute approximate surface area is 147 Å². The van der Waals surface area contributed by atoms with Gasteiger partial charge in [-0.3, -0.25) is 14.5 Å². The van der Waals surface area contributed by atoms with Crippen LogP contribution in [0.1, 0.15) is 23.0 Å². The first-order chi connectivity index (χ1) is 12.2. The number of hydrogen-bond donors (Lipinski definition) is 1. The maximum absolute atomic E-state index is 12.2. The van der Waals surface area contributed by atoms with Crippen LogP contribution in [0.15, 0.2) is 47.1 Å². The van der Waals surface area contributed by atoms with E-state index < -0.39 is 0 Å². The summed E-state index contributed by atoms with van der Waals surface area (Å²) in [6.07, 6.45) is 2.48. The molecule has 1 saturated heterocycles. The second-order valence-corrected chi connectivity index (χ2v) is 6.14. The Hall–Kier alpha value is -2.60. The fourth-order valence-corrected chi connectivity index (χ4v) is 2.89. The van der Waals surface area contributed by atoms with Gasteiger partial charge in [0.25, 0.3) is 5.91 Å². The monoisotopic (exact) mass is 341 g/mol. The van der Waals surface area contributed by atoms with Gasteiger partial charge in [-0.15, -0.1) is 0 Å². The fourth-order valence-electron chi connectivity index (χ4n) is 2.89. The molecule has 132 valence electrons. The quantitative estimate of drug-likeness (QED) is 0.906. The van der Waals surface area contributed by atoms with Crippen molar-refractivity contribution < 1.29 is 14.0 Å². The molecule has 1 aliphatic heterocycles. The van der Waals surface area contributed by atoms with Crippen molar-refractivity contribution in [3.05, 3.63) is 54.0 Å². The third-order valence-electron chi connectivity index (χ3n) is 4.40. The molecule has 1 aromatic heterocycles. The Kier molecular flexibility index (Phi) is 5.50. The van der Waals surface area contributed by atoms with Gasteiger partial charge in [-0.1, -0.05) is 19.1 Å². The van der Waals surface area contributed by atoms with Crippen LogP contribution in [0.25, 0.3) is 0 Å². The number of aryl methyl sites for hydroxylation is 1. The second-order valence-electron chi connectivity index (χ2n) is 6.14. The Morgan fingerprint density at radius 3 is 2.40 bits per heavy atom. The number of piperazine rings is 1. The maximum Gasteiger partial charge on any atom is 0.289 e. The van der Waals surface area contributed by atoms with Gasteiger partial charge in [-0.05, 0) is 36.2 Å². The average molecular weight is 341 g/mol. The fraction of sp³-hybridized carbons (Fsp3) is 0.368. The van der Waals surface area contributed by atoms with E-state index in [4.69, 9.17) is 4.42 Å². The molecule has 0 bridgehead atoms. The van der Waals surface area contributed by atoms with Crippen molar-refractivity contribution in [2.24, 2.45) is 0 Å². The minimum absolute atomic E-state index is 0.0324. The van der Waals surface area contributed by atoms with E-state index in [0.29, 0.717) is 38.5 Å². The molecule has 1 fully saturated rings. The highest BCUT2D eigenvalue weighted by Crippen LogP contribution is 2.11. The second kappa shape index (κ2) is 7.98. The molecule has 0 saturated carbocycles. The number of nitrogens with zero attached hydrogens (tertiary/aromatic N) is 2. The Morgan fingerprint density at radius 1 is 1.08 bits per heavy atom. The van der Waals surface area contributed by atoms with E-state index in [1.165, 1.54) is 11.8 Å². The Balaban J connectivity index is 1.45. The number of anilines is 1. The van der Waals surface area contributed by atoms with Crippen molar-refractivity contribution in [1.82, 2.24) is 9.80 Å². The van der Waals surface area contributed by atoms with Gasteiger partial charge >= 0.3 is 0 Å². The zero-order chi connectivity index (χ0) is 17.6. The highest BCUT2D eigenvalue weighted by Gasteiger charge is 2.24. The van der Waals surface area contributed by atoms with Crippen LogP contribution in [0, 0.1) is 0 Å². The lowest BCUT2D eigenvalue weighted by molar-refractivity contribution is -0.117. The summed E-state index contributed by atoms with van der Waals surface area (Å²) >= 11 is 0. The molecule has 1 aliphatic rings. The van der Waals surface area contributed by atoms with Crippen molar-refractivity contribution in [1.29, 1.82) is 0 Å². The average Bonchev–Trinajstić information content (AvgIpc) is 3.17. The van der Waals surface area contributed by atoms with Crippen LogP contribution < -0.4 is 5.32 Å². The molecular weight excluding hydrogens is 318 g/mol. The Morgan fingerprint density at radius 2 is 1.80 bits per heavy atom. The van der Waals surface area contributed by atoms with E-state index in [1.807, 2.05) is 24.3 Å². The molecule has 0 unspecified atom stereocenters. The molecule has 0 radical (unpaired) electrons. The summed E-state index contributed by atoms with van der Waals surface area (Å²) in [6.45, 7) is 4.97. The van der Waals surface area contributed by atoms with Crippen molar-refractivity contribution in [3.8, 4) is 0 Å². The molecule has 0 spiro atoms. The largest absolute Gasteiger partial charge is 0.459 e. The third kappa shape index (κ3) is 4.48. The predicted molar refractivity (Wildman–Crippen MR) is 95.5 cm³/mol. The normalized spacial score (nSPS) is 15.2. The number of rotatable bonds is 5. The van der Waals surface area contributed by atoms with Gasteiger partial charge in [0, 0.05) is 31.9 Å². The molecule has 6 nitrogen and oxygen atoms in total. The summed E-state index contributed by atoms with van der Waals surface area (Å²) in [6, 6.07) is 11.3. The highest BCUT2D eigenvalue weighted by molar-refractivity contribution is 5.92. The minimum Gasteiger partial charge on any atom is -0.459 e. The SMILES string of the molecule is CCc1ccc(NC(=O)CN2CCN(C(=O)c3ccco3)CC2)cc1. The van der Waals surface area contributed by atoms with E-state index in [2.05, 4.69) is 17.1 Å². The van der Waals surface area contributed by atoms with Gasteiger partial charge in [0.2, 0.25) is 5.91 Å². The first kappa shape index (κ1) is 17.2. The van der Waals surface area contributed by atoms with Gasteiger partial charge in [0.1, 0.15) is 0 Å². The van der Waals surface area contributed by atoms with Gasteiger partial charge in [0.05, 0.1) is 12.8 Å². The summed E-state index contributed by atoms with van der Waals surface area (Å²) in [7, 11) is 0. The molecule has 1 aromatic carbocycles. The van der Waals surface area contributed by atoms with Crippen LogP contribution in [-0.4, -0.2) is 54.3 Å². The van der Waals surface area contributed by atoms with Crippen LogP contribution in [0.2, 0.25) is 0 Å². The minimum atomic E-state index is -0.0925. The van der Waals surface area contributed by atoms with E-state index in [-0.39, 0.29) is 11.8 Å². The van der Waals surface area contributed by atoms with Crippen LogP contribution in [0.3, 0.4) is 0 Å². The van der Waals surface area contributed by atoms with E-state index in [0.717, 1.165) is 12.1 Å². The first-order valence-corrected chi connectivity index (χ1v) is 8.59. The molecule has 2 heterocycles. The molecule has 0 atom stereocenters. The summed E-state index contributed by atoms with van der Waals surface area (Å²) in [5, 5.41) is 2.92. The number of hydrogen-bond acceptors (Lipinski definition) is 4. The molecule has 3 rings (SSSR count). The van der Waals surface area contributed by atoms with E-state index >= 15 is 0 Å². The van der Waals surface area contributed by atoms with Gasteiger partial charge in [0.15, 0.2) is 5.76 Å². The van der Waals surface area contributed by atoms with E-state index in [1.54, 1.807) is 17.0 Å². The van der Waals surface area contributed by atoms with Crippen LogP contribution >= 0.6 is 0 Å². The van der Waals surface area contributed by atoms with Crippen LogP contribution in [0.5, 0.6) is 0 Å². The lowest BCUT2D eigenvalue weighted by Crippen LogP contribution is -2.50. The van der Waals surface area contributed by atoms with Crippen molar-refractivity contribution in [2.75, 3.05) is 38.0 Å². The lowest BCUT2D eigenvalue weighted by Gasteiger charge is -2.33. The van der Waals surface area contributed by atoms with Gasteiger partial charge < -0.3 is 14.6 Å². The number of furan rings is 1. The first-order valence-electron chi connectivity index (χ1n) is 8.59. The molecule has 1 N–H and O–H groups in total. The summed E-state index contributed by atoms with van der Waals surface area (Å²) in [5.41, 5.74) is 2.06. The van der Waals surface area contributed by atoms with Crippen molar-refractivity contribution >= 4 is 17.5 Å². The van der Waals surface area contributed by atoms with Gasteiger partial charge in [-0.2, -0.15) is 0 Å². The zero-order valence-corrected chi connectivity index (χ0v) is 14.4. The number of carbonyl (C=O) groups excluding carboxylic acids is 2. The summed E-state index contributed by atoms with van der Waals surface area (Å²) in [4.78, 5) is 28.2. The molecular formula is C19H23N3O3. The number of benzene rings is 1. The van der Waals surface area contributed by atoms with E-state index in [9.17, 15) is 9.59 Å². The number of nitrogens with one attached hydrogen (secondary N) is 1. The van der Waals surface area contributed by atoms with Crippen molar-refractivity contribution in [2.45, 2.75) is 13.3 Å². The van der Waals surface area contributed by atoms with Crippen LogP contribution in [0.4, 0.5) is 5.69 Å². The zero-order valence-electron chi connectivity index (χ0n) is 14.4. The lowest BCUT2D eigenvalue weighted by atomic mass is 10.1.